The van der Waals surface area contributed by atoms with Gasteiger partial charge in [-0.25, -0.2) is 0 Å². The predicted molar refractivity (Wildman–Crippen MR) is 38.8 cm³/mol. The molecule has 2 rings (SSSR count). The van der Waals surface area contributed by atoms with E-state index in [2.05, 4.69) is 0 Å². The van der Waals surface area contributed by atoms with Gasteiger partial charge in [-0.1, -0.05) is 0 Å². The van der Waals surface area contributed by atoms with Crippen molar-refractivity contribution in [2.24, 2.45) is 0 Å². The van der Waals surface area contributed by atoms with Gasteiger partial charge in [0.05, 0.1) is 0 Å². The largest absolute Gasteiger partial charge is 0.368 e. The van der Waals surface area contributed by atoms with Gasteiger partial charge in [-0.15, -0.1) is 11.8 Å². The Balaban J connectivity index is 2.08. The van der Waals surface area contributed by atoms with Gasteiger partial charge in [-0.3, -0.25) is 4.79 Å². The van der Waals surface area contributed by atoms with Crippen LogP contribution in [0.4, 0.5) is 0 Å². The molecule has 0 spiro atoms. The van der Waals surface area contributed by atoms with Crippen LogP contribution in [0.3, 0.4) is 0 Å². The van der Waals surface area contributed by atoms with Crippen LogP contribution in [0.2, 0.25) is 0 Å². The minimum Gasteiger partial charge on any atom is -0.368 e. The number of thioether (sulfide) groups is 1. The number of carbonyl (C=O) groups excluding carboxylic acids is 1. The molecule has 0 unspecified atom stereocenters. The standard InChI is InChI=1S/C6H9NO2S/c1-9-4-5(8)7-2-3-10-6(4)7/h4,6H,2-3H2,1H3/t4-,6+/m0/s1. The topological polar surface area (TPSA) is 29.5 Å². The maximum absolute atomic E-state index is 11.1. The highest BCUT2D eigenvalue weighted by Crippen LogP contribution is 2.36. The van der Waals surface area contributed by atoms with E-state index in [1.54, 1.807) is 7.11 Å². The summed E-state index contributed by atoms with van der Waals surface area (Å²) in [6.45, 7) is 0.911. The Morgan fingerprint density at radius 3 is 3.30 bits per heavy atom. The van der Waals surface area contributed by atoms with Crippen LogP contribution in [0.5, 0.6) is 0 Å². The molecule has 4 heteroatoms. The molecule has 0 aliphatic carbocycles. The first-order chi connectivity index (χ1) is 4.84. The number of carbonyl (C=O) groups is 1. The summed E-state index contributed by atoms with van der Waals surface area (Å²) in [5.41, 5.74) is 0. The average molecular weight is 159 g/mol. The third kappa shape index (κ3) is 0.632. The number of hydrogen-bond donors (Lipinski definition) is 0. The molecule has 56 valence electrons. The zero-order valence-corrected chi connectivity index (χ0v) is 6.56. The summed E-state index contributed by atoms with van der Waals surface area (Å²) in [7, 11) is 1.60. The molecule has 0 aromatic heterocycles. The van der Waals surface area contributed by atoms with E-state index in [-0.39, 0.29) is 12.0 Å². The first-order valence-electron chi connectivity index (χ1n) is 3.29. The van der Waals surface area contributed by atoms with Gasteiger partial charge in [0.25, 0.3) is 5.91 Å². The van der Waals surface area contributed by atoms with E-state index in [1.165, 1.54) is 0 Å². The Hall–Kier alpha value is -0.220. The number of ether oxygens (including phenoxy) is 1. The molecule has 2 fully saturated rings. The van der Waals surface area contributed by atoms with E-state index < -0.39 is 0 Å². The Morgan fingerprint density at radius 1 is 1.80 bits per heavy atom. The van der Waals surface area contributed by atoms with E-state index in [0.717, 1.165) is 12.3 Å². The van der Waals surface area contributed by atoms with Crippen molar-refractivity contribution in [1.82, 2.24) is 4.90 Å². The number of rotatable bonds is 1. The Bertz CT molecular complexity index is 173. The van der Waals surface area contributed by atoms with Crippen LogP contribution < -0.4 is 0 Å². The summed E-state index contributed by atoms with van der Waals surface area (Å²) in [6.07, 6.45) is -0.146. The molecule has 1 amide bonds. The SMILES string of the molecule is CO[C@H]1C(=O)N2CCS[C@H]12. The van der Waals surface area contributed by atoms with Crippen molar-refractivity contribution in [1.29, 1.82) is 0 Å². The van der Waals surface area contributed by atoms with Crippen molar-refractivity contribution in [3.05, 3.63) is 0 Å². The number of β-lactam (4-membered cyclic amide) rings is 1. The molecular formula is C6H9NO2S. The van der Waals surface area contributed by atoms with Crippen molar-refractivity contribution in [2.75, 3.05) is 19.4 Å². The summed E-state index contributed by atoms with van der Waals surface area (Å²) in [5, 5.41) is 0.331. The van der Waals surface area contributed by atoms with Crippen LogP contribution in [0.25, 0.3) is 0 Å². The number of nitrogens with zero attached hydrogens (tertiary/aromatic N) is 1. The lowest BCUT2D eigenvalue weighted by atomic mass is 10.1. The lowest BCUT2D eigenvalue weighted by molar-refractivity contribution is -0.160. The summed E-state index contributed by atoms with van der Waals surface area (Å²) in [6, 6.07) is 0. The first kappa shape index (κ1) is 6.49. The maximum Gasteiger partial charge on any atom is 0.255 e. The minimum absolute atomic E-state index is 0.146. The third-order valence-electron chi connectivity index (χ3n) is 1.97. The molecule has 0 aromatic carbocycles. The average Bonchev–Trinajstić information content (AvgIpc) is 2.33. The lowest BCUT2D eigenvalue weighted by Gasteiger charge is -2.40. The zero-order valence-electron chi connectivity index (χ0n) is 5.74. The fourth-order valence-electron chi connectivity index (χ4n) is 1.40. The van der Waals surface area contributed by atoms with Gasteiger partial charge >= 0.3 is 0 Å². The fraction of sp³-hybridized carbons (Fsp3) is 0.833. The van der Waals surface area contributed by atoms with Crippen molar-refractivity contribution in [3.63, 3.8) is 0 Å². The molecule has 0 saturated carbocycles. The monoisotopic (exact) mass is 159 g/mol. The minimum atomic E-state index is -0.146. The Morgan fingerprint density at radius 2 is 2.60 bits per heavy atom. The second-order valence-electron chi connectivity index (χ2n) is 2.45. The van der Waals surface area contributed by atoms with E-state index >= 15 is 0 Å². The molecule has 2 heterocycles. The van der Waals surface area contributed by atoms with Crippen LogP contribution in [-0.2, 0) is 9.53 Å². The van der Waals surface area contributed by atoms with Gasteiger partial charge in [0.2, 0.25) is 0 Å². The van der Waals surface area contributed by atoms with Gasteiger partial charge in [0, 0.05) is 19.4 Å². The van der Waals surface area contributed by atoms with Crippen LogP contribution in [0.1, 0.15) is 0 Å². The number of fused-ring (bicyclic) bond motifs is 1. The summed E-state index contributed by atoms with van der Waals surface area (Å²) < 4.78 is 5.00. The van der Waals surface area contributed by atoms with Crippen LogP contribution >= 0.6 is 11.8 Å². The fourth-order valence-corrected chi connectivity index (χ4v) is 2.73. The summed E-state index contributed by atoms with van der Waals surface area (Å²) in [5.74, 6) is 1.23. The van der Waals surface area contributed by atoms with Crippen molar-refractivity contribution in [2.45, 2.75) is 11.5 Å². The van der Waals surface area contributed by atoms with Gasteiger partial charge < -0.3 is 9.64 Å². The number of amides is 1. The predicted octanol–water partition coefficient (Wildman–Crippen LogP) is -0.0835. The van der Waals surface area contributed by atoms with E-state index in [4.69, 9.17) is 4.74 Å². The van der Waals surface area contributed by atoms with Crippen LogP contribution in [0.15, 0.2) is 0 Å². The van der Waals surface area contributed by atoms with Crippen LogP contribution in [-0.4, -0.2) is 41.7 Å². The van der Waals surface area contributed by atoms with Crippen molar-refractivity contribution >= 4 is 17.7 Å². The normalized spacial score (nSPS) is 37.7. The highest BCUT2D eigenvalue weighted by atomic mass is 32.2. The van der Waals surface area contributed by atoms with Crippen molar-refractivity contribution in [3.8, 4) is 0 Å². The molecular weight excluding hydrogens is 150 g/mol. The van der Waals surface area contributed by atoms with Gasteiger partial charge in [-0.2, -0.15) is 0 Å². The lowest BCUT2D eigenvalue weighted by Crippen LogP contribution is -2.61. The Labute approximate surface area is 63.7 Å². The zero-order chi connectivity index (χ0) is 7.14. The van der Waals surface area contributed by atoms with E-state index in [9.17, 15) is 4.79 Å². The van der Waals surface area contributed by atoms with E-state index in [0.29, 0.717) is 5.37 Å². The molecule has 0 bridgehead atoms. The molecule has 0 radical (unpaired) electrons. The quantitative estimate of drug-likeness (QED) is 0.501. The second-order valence-corrected chi connectivity index (χ2v) is 3.67. The first-order valence-corrected chi connectivity index (χ1v) is 4.34. The van der Waals surface area contributed by atoms with Gasteiger partial charge in [-0.05, 0) is 0 Å². The molecule has 0 aromatic rings. The highest BCUT2D eigenvalue weighted by Gasteiger charge is 2.50. The second kappa shape index (κ2) is 2.13. The highest BCUT2D eigenvalue weighted by molar-refractivity contribution is 8.00. The summed E-state index contributed by atoms with van der Waals surface area (Å²) >= 11 is 1.81. The Kier molecular flexibility index (Phi) is 1.38. The smallest absolute Gasteiger partial charge is 0.255 e. The van der Waals surface area contributed by atoms with Gasteiger partial charge in [0.15, 0.2) is 6.10 Å². The summed E-state index contributed by atoms with van der Waals surface area (Å²) in [4.78, 5) is 12.9. The van der Waals surface area contributed by atoms with E-state index in [1.807, 2.05) is 16.7 Å². The van der Waals surface area contributed by atoms with Crippen LogP contribution in [0, 0.1) is 0 Å². The molecule has 2 aliphatic rings. The molecule has 10 heavy (non-hydrogen) atoms. The van der Waals surface area contributed by atoms with Crippen molar-refractivity contribution < 1.29 is 9.53 Å². The van der Waals surface area contributed by atoms with Gasteiger partial charge in [0.1, 0.15) is 5.37 Å². The molecule has 2 saturated heterocycles. The molecule has 3 nitrogen and oxygen atoms in total. The third-order valence-corrected chi connectivity index (χ3v) is 3.23. The molecule has 2 atom stereocenters. The molecule has 2 aliphatic heterocycles. The number of methoxy groups -OCH3 is 1. The molecule has 0 N–H and O–H groups in total. The number of hydrogen-bond acceptors (Lipinski definition) is 3. The maximum atomic E-state index is 11.1.